The van der Waals surface area contributed by atoms with Gasteiger partial charge in [-0.25, -0.2) is 0 Å². The van der Waals surface area contributed by atoms with Crippen LogP contribution in [-0.2, 0) is 12.6 Å². The summed E-state index contributed by atoms with van der Waals surface area (Å²) < 4.78 is 43.2. The molecule has 0 aliphatic heterocycles. The number of nitrogens with zero attached hydrogens (tertiary/aromatic N) is 1. The SMILES string of the molecule is COc1cccnc1C(N)Cc1cccc(C(F)(F)F)c1. The Balaban J connectivity index is 2.22. The number of methoxy groups -OCH3 is 1. The zero-order valence-corrected chi connectivity index (χ0v) is 11.4. The third-order valence-electron chi connectivity index (χ3n) is 3.08. The smallest absolute Gasteiger partial charge is 0.416 e. The average molecular weight is 296 g/mol. The fourth-order valence-electron chi connectivity index (χ4n) is 2.08. The molecule has 2 aromatic rings. The molecule has 2 rings (SSSR count). The van der Waals surface area contributed by atoms with Crippen molar-refractivity contribution in [1.29, 1.82) is 0 Å². The number of hydrogen-bond donors (Lipinski definition) is 1. The normalized spacial score (nSPS) is 13.0. The van der Waals surface area contributed by atoms with Crippen LogP contribution >= 0.6 is 0 Å². The summed E-state index contributed by atoms with van der Waals surface area (Å²) in [5, 5.41) is 0. The monoisotopic (exact) mass is 296 g/mol. The van der Waals surface area contributed by atoms with Gasteiger partial charge >= 0.3 is 6.18 Å². The van der Waals surface area contributed by atoms with Crippen molar-refractivity contribution in [3.8, 4) is 5.75 Å². The standard InChI is InChI=1S/C15H15F3N2O/c1-21-13-6-3-7-20-14(13)12(19)9-10-4-2-5-11(8-10)15(16,17)18/h2-8,12H,9,19H2,1H3. The first-order valence-electron chi connectivity index (χ1n) is 6.32. The highest BCUT2D eigenvalue weighted by Crippen LogP contribution is 2.30. The lowest BCUT2D eigenvalue weighted by molar-refractivity contribution is -0.137. The van der Waals surface area contributed by atoms with E-state index in [2.05, 4.69) is 4.98 Å². The number of rotatable bonds is 4. The molecule has 1 heterocycles. The molecule has 21 heavy (non-hydrogen) atoms. The van der Waals surface area contributed by atoms with E-state index >= 15 is 0 Å². The molecular formula is C15H15F3N2O. The van der Waals surface area contributed by atoms with E-state index < -0.39 is 17.8 Å². The van der Waals surface area contributed by atoms with E-state index in [1.54, 1.807) is 24.4 Å². The van der Waals surface area contributed by atoms with Gasteiger partial charge in [-0.05, 0) is 30.2 Å². The van der Waals surface area contributed by atoms with E-state index in [-0.39, 0.29) is 6.42 Å². The molecule has 1 unspecified atom stereocenters. The van der Waals surface area contributed by atoms with Crippen LogP contribution < -0.4 is 10.5 Å². The van der Waals surface area contributed by atoms with Crippen LogP contribution in [0, 0.1) is 0 Å². The molecule has 0 amide bonds. The highest BCUT2D eigenvalue weighted by molar-refractivity contribution is 5.32. The predicted octanol–water partition coefficient (Wildman–Crippen LogP) is 3.35. The molecule has 1 aromatic carbocycles. The van der Waals surface area contributed by atoms with Crippen molar-refractivity contribution >= 4 is 0 Å². The van der Waals surface area contributed by atoms with Gasteiger partial charge in [-0.15, -0.1) is 0 Å². The first kappa shape index (κ1) is 15.3. The minimum Gasteiger partial charge on any atom is -0.495 e. The van der Waals surface area contributed by atoms with E-state index in [4.69, 9.17) is 10.5 Å². The Morgan fingerprint density at radius 2 is 2.00 bits per heavy atom. The van der Waals surface area contributed by atoms with E-state index in [0.717, 1.165) is 12.1 Å². The third kappa shape index (κ3) is 3.72. The van der Waals surface area contributed by atoms with E-state index in [1.165, 1.54) is 13.2 Å². The van der Waals surface area contributed by atoms with Crippen molar-refractivity contribution in [3.05, 3.63) is 59.4 Å². The number of hydrogen-bond acceptors (Lipinski definition) is 3. The lowest BCUT2D eigenvalue weighted by Crippen LogP contribution is -2.16. The van der Waals surface area contributed by atoms with Gasteiger partial charge in [0.15, 0.2) is 0 Å². The summed E-state index contributed by atoms with van der Waals surface area (Å²) in [6.07, 6.45) is -2.54. The van der Waals surface area contributed by atoms with Crippen LogP contribution in [-0.4, -0.2) is 12.1 Å². The molecule has 0 aliphatic carbocycles. The Kier molecular flexibility index (Phi) is 4.47. The van der Waals surface area contributed by atoms with Crippen LogP contribution in [0.25, 0.3) is 0 Å². The molecule has 0 fully saturated rings. The van der Waals surface area contributed by atoms with E-state index in [0.29, 0.717) is 17.0 Å². The summed E-state index contributed by atoms with van der Waals surface area (Å²) in [7, 11) is 1.50. The lowest BCUT2D eigenvalue weighted by Gasteiger charge is -2.15. The third-order valence-corrected chi connectivity index (χ3v) is 3.08. The van der Waals surface area contributed by atoms with Crippen molar-refractivity contribution in [1.82, 2.24) is 4.98 Å². The highest BCUT2D eigenvalue weighted by atomic mass is 19.4. The van der Waals surface area contributed by atoms with E-state index in [1.807, 2.05) is 0 Å². The van der Waals surface area contributed by atoms with Crippen LogP contribution in [0.3, 0.4) is 0 Å². The molecule has 0 aliphatic rings. The van der Waals surface area contributed by atoms with Gasteiger partial charge in [0.25, 0.3) is 0 Å². The van der Waals surface area contributed by atoms with Gasteiger partial charge in [0.2, 0.25) is 0 Å². The molecule has 2 N–H and O–H groups in total. The van der Waals surface area contributed by atoms with Gasteiger partial charge in [-0.3, -0.25) is 4.98 Å². The molecule has 1 atom stereocenters. The highest BCUT2D eigenvalue weighted by Gasteiger charge is 2.30. The fourth-order valence-corrected chi connectivity index (χ4v) is 2.08. The number of aromatic nitrogens is 1. The fraction of sp³-hybridized carbons (Fsp3) is 0.267. The molecule has 3 nitrogen and oxygen atoms in total. The molecule has 0 saturated carbocycles. The average Bonchev–Trinajstić information content (AvgIpc) is 2.46. The van der Waals surface area contributed by atoms with Gasteiger partial charge in [0.1, 0.15) is 5.75 Å². The van der Waals surface area contributed by atoms with Gasteiger partial charge in [0, 0.05) is 6.20 Å². The second-order valence-electron chi connectivity index (χ2n) is 4.60. The van der Waals surface area contributed by atoms with Gasteiger partial charge in [0.05, 0.1) is 24.4 Å². The number of ether oxygens (including phenoxy) is 1. The van der Waals surface area contributed by atoms with Crippen molar-refractivity contribution in [3.63, 3.8) is 0 Å². The number of pyridine rings is 1. The van der Waals surface area contributed by atoms with Crippen LogP contribution in [0.4, 0.5) is 13.2 Å². The number of alkyl halides is 3. The summed E-state index contributed by atoms with van der Waals surface area (Å²) >= 11 is 0. The second-order valence-corrected chi connectivity index (χ2v) is 4.60. The summed E-state index contributed by atoms with van der Waals surface area (Å²) in [5.74, 6) is 0.525. The molecule has 0 spiro atoms. The molecule has 0 radical (unpaired) electrons. The van der Waals surface area contributed by atoms with Crippen molar-refractivity contribution in [2.24, 2.45) is 5.73 Å². The Labute approximate surface area is 120 Å². The summed E-state index contributed by atoms with van der Waals surface area (Å²) in [6, 6.07) is 8.02. The molecule has 112 valence electrons. The van der Waals surface area contributed by atoms with Crippen molar-refractivity contribution in [2.75, 3.05) is 7.11 Å². The first-order valence-corrected chi connectivity index (χ1v) is 6.32. The minimum absolute atomic E-state index is 0.247. The Morgan fingerprint density at radius 3 is 2.67 bits per heavy atom. The predicted molar refractivity (Wildman–Crippen MR) is 72.9 cm³/mol. The van der Waals surface area contributed by atoms with Gasteiger partial charge in [-0.2, -0.15) is 13.2 Å². The lowest BCUT2D eigenvalue weighted by atomic mass is 10.0. The Bertz CT molecular complexity index is 614. The number of nitrogens with two attached hydrogens (primary N) is 1. The molecule has 1 aromatic heterocycles. The topological polar surface area (TPSA) is 48.1 Å². The minimum atomic E-state index is -4.36. The Hall–Kier alpha value is -2.08. The molecule has 6 heteroatoms. The maximum atomic E-state index is 12.7. The molecule has 0 bridgehead atoms. The van der Waals surface area contributed by atoms with Crippen molar-refractivity contribution in [2.45, 2.75) is 18.6 Å². The largest absolute Gasteiger partial charge is 0.495 e. The molecule has 0 saturated heterocycles. The maximum Gasteiger partial charge on any atom is 0.416 e. The van der Waals surface area contributed by atoms with Crippen LogP contribution in [0.5, 0.6) is 5.75 Å². The summed E-state index contributed by atoms with van der Waals surface area (Å²) in [4.78, 5) is 4.14. The second kappa shape index (κ2) is 6.13. The first-order chi connectivity index (χ1) is 9.91. The zero-order valence-electron chi connectivity index (χ0n) is 11.4. The quantitative estimate of drug-likeness (QED) is 0.941. The van der Waals surface area contributed by atoms with Gasteiger partial charge < -0.3 is 10.5 Å². The number of halogens is 3. The molecular weight excluding hydrogens is 281 g/mol. The van der Waals surface area contributed by atoms with Crippen LogP contribution in [0.1, 0.15) is 22.9 Å². The van der Waals surface area contributed by atoms with Crippen molar-refractivity contribution < 1.29 is 17.9 Å². The number of benzene rings is 1. The maximum absolute atomic E-state index is 12.7. The van der Waals surface area contributed by atoms with E-state index in [9.17, 15) is 13.2 Å². The zero-order chi connectivity index (χ0) is 15.5. The Morgan fingerprint density at radius 1 is 1.24 bits per heavy atom. The van der Waals surface area contributed by atoms with Crippen LogP contribution in [0.2, 0.25) is 0 Å². The van der Waals surface area contributed by atoms with Crippen LogP contribution in [0.15, 0.2) is 42.6 Å². The van der Waals surface area contributed by atoms with Gasteiger partial charge in [-0.1, -0.05) is 18.2 Å². The summed E-state index contributed by atoms with van der Waals surface area (Å²) in [6.45, 7) is 0. The summed E-state index contributed by atoms with van der Waals surface area (Å²) in [5.41, 5.74) is 6.39.